The Morgan fingerprint density at radius 1 is 1.25 bits per heavy atom. The van der Waals surface area contributed by atoms with Crippen molar-refractivity contribution in [2.75, 3.05) is 4.93 Å². The van der Waals surface area contributed by atoms with Crippen molar-refractivity contribution in [3.8, 4) is 0 Å². The van der Waals surface area contributed by atoms with E-state index in [4.69, 9.17) is 4.42 Å². The molecule has 2 aromatic rings. The average Bonchev–Trinajstić information content (AvgIpc) is 2.55. The highest BCUT2D eigenvalue weighted by atomic mass is 127. The number of hydrogen-bond acceptors (Lipinski definition) is 2. The van der Waals surface area contributed by atoms with Crippen molar-refractivity contribution in [1.82, 2.24) is 4.98 Å². The van der Waals surface area contributed by atoms with Crippen molar-refractivity contribution in [3.63, 3.8) is 0 Å². The van der Waals surface area contributed by atoms with Crippen LogP contribution >= 0.6 is 22.6 Å². The highest BCUT2D eigenvalue weighted by Crippen LogP contribution is 2.09. The molecule has 12 heavy (non-hydrogen) atoms. The molecule has 2 nitrogen and oxygen atoms in total. The normalized spacial score (nSPS) is 8.17. The molecule has 1 aromatic carbocycles. The molecule has 0 saturated carbocycles. The van der Waals surface area contributed by atoms with Crippen molar-refractivity contribution in [2.45, 2.75) is 7.43 Å². The minimum absolute atomic E-state index is 0. The summed E-state index contributed by atoms with van der Waals surface area (Å²) in [5.74, 6) is 0. The lowest BCUT2D eigenvalue weighted by Gasteiger charge is -1.79. The summed E-state index contributed by atoms with van der Waals surface area (Å²) in [5.41, 5.74) is 1.76. The molecule has 0 radical (unpaired) electrons. The average molecular weight is 277 g/mol. The van der Waals surface area contributed by atoms with Gasteiger partial charge in [-0.3, -0.25) is 0 Å². The molecule has 3 heteroatoms. The summed E-state index contributed by atoms with van der Waals surface area (Å²) in [6.07, 6.45) is 1.45. The van der Waals surface area contributed by atoms with Crippen molar-refractivity contribution in [2.24, 2.45) is 0 Å². The van der Waals surface area contributed by atoms with Gasteiger partial charge < -0.3 is 4.42 Å². The van der Waals surface area contributed by atoms with E-state index in [1.54, 1.807) is 0 Å². The molecule has 0 aliphatic heterocycles. The van der Waals surface area contributed by atoms with Crippen LogP contribution in [0.4, 0.5) is 0 Å². The topological polar surface area (TPSA) is 26.0 Å². The maximum atomic E-state index is 5.01. The molecule has 66 valence electrons. The van der Waals surface area contributed by atoms with Gasteiger partial charge in [0.25, 0.3) is 0 Å². The van der Waals surface area contributed by atoms with Crippen molar-refractivity contribution in [3.05, 3.63) is 30.7 Å². The molecule has 0 aliphatic carbocycles. The smallest absolute Gasteiger partial charge is 0.181 e. The molecule has 0 N–H and O–H groups in total. The third-order valence-corrected chi connectivity index (χ3v) is 1.24. The van der Waals surface area contributed by atoms with E-state index in [0.717, 1.165) is 11.1 Å². The second-order valence-corrected chi connectivity index (χ2v) is 1.82. The fourth-order valence-electron chi connectivity index (χ4n) is 0.803. The monoisotopic (exact) mass is 277 g/mol. The standard InChI is InChI=1S/C7H5NO.CH3I.CH4/c1-2-4-7-6(3-1)8-5-9-7;1-2;/h1-5H;1H3;1H4. The highest BCUT2D eigenvalue weighted by molar-refractivity contribution is 14.1. The van der Waals surface area contributed by atoms with Gasteiger partial charge in [0.15, 0.2) is 12.0 Å². The van der Waals surface area contributed by atoms with Gasteiger partial charge in [-0.25, -0.2) is 4.98 Å². The third kappa shape index (κ3) is 2.48. The molecule has 0 spiro atoms. The summed E-state index contributed by atoms with van der Waals surface area (Å²) in [6, 6.07) is 7.67. The molecule has 0 saturated heterocycles. The zero-order valence-electron chi connectivity index (χ0n) is 6.12. The van der Waals surface area contributed by atoms with Gasteiger partial charge in [0.2, 0.25) is 0 Å². The van der Waals surface area contributed by atoms with E-state index in [9.17, 15) is 0 Å². The summed E-state index contributed by atoms with van der Waals surface area (Å²) < 4.78 is 5.01. The van der Waals surface area contributed by atoms with E-state index in [1.165, 1.54) is 6.39 Å². The molecule has 0 aliphatic rings. The van der Waals surface area contributed by atoms with Crippen molar-refractivity contribution in [1.29, 1.82) is 0 Å². The van der Waals surface area contributed by atoms with Crippen LogP contribution in [0, 0.1) is 0 Å². The Morgan fingerprint density at radius 3 is 2.58 bits per heavy atom. The molecule has 0 fully saturated rings. The van der Waals surface area contributed by atoms with Crippen LogP contribution in [0.2, 0.25) is 0 Å². The zero-order chi connectivity index (χ0) is 8.10. The molecular weight excluding hydrogens is 265 g/mol. The van der Waals surface area contributed by atoms with E-state index < -0.39 is 0 Å². The van der Waals surface area contributed by atoms with E-state index in [0.29, 0.717) is 0 Å². The third-order valence-electron chi connectivity index (χ3n) is 1.24. The molecular formula is C9H12INO. The van der Waals surface area contributed by atoms with Crippen LogP contribution in [0.3, 0.4) is 0 Å². The molecule has 1 heterocycles. The highest BCUT2D eigenvalue weighted by Gasteiger charge is 1.91. The van der Waals surface area contributed by atoms with E-state index >= 15 is 0 Å². The maximum Gasteiger partial charge on any atom is 0.181 e. The van der Waals surface area contributed by atoms with Crippen molar-refractivity contribution >= 4 is 33.7 Å². The van der Waals surface area contributed by atoms with Crippen LogP contribution in [0.25, 0.3) is 11.1 Å². The number of fused-ring (bicyclic) bond motifs is 1. The number of alkyl halides is 1. The second kappa shape index (κ2) is 5.99. The number of hydrogen-bond donors (Lipinski definition) is 0. The Bertz CT molecular complexity index is 289. The molecule has 1 aromatic heterocycles. The summed E-state index contributed by atoms with van der Waals surface area (Å²) in [7, 11) is 0. The molecule has 0 bridgehead atoms. The first kappa shape index (κ1) is 11.4. The number of rotatable bonds is 0. The molecule has 0 amide bonds. The minimum atomic E-state index is 0. The largest absolute Gasteiger partial charge is 0.443 e. The second-order valence-electron chi connectivity index (χ2n) is 1.82. The van der Waals surface area contributed by atoms with E-state index in [1.807, 2.05) is 29.2 Å². The van der Waals surface area contributed by atoms with Crippen molar-refractivity contribution < 1.29 is 4.42 Å². The summed E-state index contributed by atoms with van der Waals surface area (Å²) >= 11 is 2.15. The number of halogens is 1. The molecule has 2 rings (SSSR count). The lowest BCUT2D eigenvalue weighted by Crippen LogP contribution is -1.61. The zero-order valence-corrected chi connectivity index (χ0v) is 8.28. The number of para-hydroxylation sites is 2. The quantitative estimate of drug-likeness (QED) is 0.544. The van der Waals surface area contributed by atoms with Gasteiger partial charge in [-0.2, -0.15) is 0 Å². The summed E-state index contributed by atoms with van der Waals surface area (Å²) in [5, 5.41) is 0. The van der Waals surface area contributed by atoms with E-state index in [2.05, 4.69) is 27.6 Å². The first-order valence-electron chi connectivity index (χ1n) is 3.13. The Kier molecular flexibility index (Phi) is 5.70. The molecule has 0 atom stereocenters. The predicted molar refractivity (Wildman–Crippen MR) is 60.7 cm³/mol. The Morgan fingerprint density at radius 2 is 1.92 bits per heavy atom. The first-order valence-corrected chi connectivity index (χ1v) is 5.28. The summed E-state index contributed by atoms with van der Waals surface area (Å²) in [4.78, 5) is 5.92. The first-order chi connectivity index (χ1) is 5.47. The van der Waals surface area contributed by atoms with Gasteiger partial charge in [-0.1, -0.05) is 42.2 Å². The lowest BCUT2D eigenvalue weighted by molar-refractivity contribution is 0.602. The number of oxazole rings is 1. The van der Waals surface area contributed by atoms with Crippen LogP contribution < -0.4 is 0 Å². The van der Waals surface area contributed by atoms with Gasteiger partial charge in [0.05, 0.1) is 0 Å². The predicted octanol–water partition coefficient (Wildman–Crippen LogP) is 3.52. The fraction of sp³-hybridized carbons (Fsp3) is 0.222. The number of benzene rings is 1. The van der Waals surface area contributed by atoms with Crippen LogP contribution in [0.5, 0.6) is 0 Å². The Balaban J connectivity index is 0.000000378. The Labute approximate surface area is 86.1 Å². The van der Waals surface area contributed by atoms with E-state index in [-0.39, 0.29) is 7.43 Å². The van der Waals surface area contributed by atoms with Crippen LogP contribution in [0.1, 0.15) is 7.43 Å². The van der Waals surface area contributed by atoms with Crippen LogP contribution in [-0.4, -0.2) is 9.91 Å². The Hall–Kier alpha value is -0.580. The van der Waals surface area contributed by atoms with Gasteiger partial charge in [-0.05, 0) is 17.1 Å². The number of nitrogens with zero attached hydrogens (tertiary/aromatic N) is 1. The molecule has 0 unspecified atom stereocenters. The van der Waals surface area contributed by atoms with Gasteiger partial charge >= 0.3 is 0 Å². The van der Waals surface area contributed by atoms with Gasteiger partial charge in [-0.15, -0.1) is 0 Å². The number of aromatic nitrogens is 1. The van der Waals surface area contributed by atoms with Gasteiger partial charge in [0.1, 0.15) is 5.52 Å². The SMILES string of the molecule is C.CI.c1ccc2ocnc2c1. The van der Waals surface area contributed by atoms with Gasteiger partial charge in [0, 0.05) is 0 Å². The minimum Gasteiger partial charge on any atom is -0.443 e. The van der Waals surface area contributed by atoms with Crippen LogP contribution in [-0.2, 0) is 0 Å². The summed E-state index contributed by atoms with van der Waals surface area (Å²) in [6.45, 7) is 0. The van der Waals surface area contributed by atoms with Crippen LogP contribution in [0.15, 0.2) is 35.1 Å². The fourth-order valence-corrected chi connectivity index (χ4v) is 0.803. The maximum absolute atomic E-state index is 5.01. The lowest BCUT2D eigenvalue weighted by atomic mass is 10.3.